The van der Waals surface area contributed by atoms with Gasteiger partial charge in [0, 0.05) is 50.0 Å². The van der Waals surface area contributed by atoms with Crippen LogP contribution in [0, 0.1) is 18.6 Å². The zero-order valence-corrected chi connectivity index (χ0v) is 22.2. The number of aryl methyl sites for hydroxylation is 1. The molecule has 200 valence electrons. The molecule has 2 aromatic carbocycles. The molecule has 1 aromatic heterocycles. The van der Waals surface area contributed by atoms with Crippen LogP contribution in [0.3, 0.4) is 0 Å². The highest BCUT2D eigenvalue weighted by Crippen LogP contribution is 2.32. The quantitative estimate of drug-likeness (QED) is 0.366. The molecule has 0 spiro atoms. The van der Waals surface area contributed by atoms with Crippen molar-refractivity contribution in [3.8, 4) is 11.6 Å². The summed E-state index contributed by atoms with van der Waals surface area (Å²) in [6, 6.07) is 10.7. The molecule has 3 aromatic rings. The summed E-state index contributed by atoms with van der Waals surface area (Å²) in [7, 11) is 0. The molecule has 1 amide bonds. The van der Waals surface area contributed by atoms with Gasteiger partial charge in [-0.1, -0.05) is 31.1 Å². The highest BCUT2D eigenvalue weighted by Gasteiger charge is 2.20. The van der Waals surface area contributed by atoms with Crippen molar-refractivity contribution in [3.63, 3.8) is 0 Å². The molecule has 0 saturated carbocycles. The van der Waals surface area contributed by atoms with E-state index >= 15 is 8.78 Å². The van der Waals surface area contributed by atoms with Crippen molar-refractivity contribution in [1.82, 2.24) is 14.9 Å². The zero-order chi connectivity index (χ0) is 27.2. The smallest absolute Gasteiger partial charge is 0.261 e. The standard InChI is InChI=1S/C29H33F2N5O2/c1-5-6-19(2)17-24-20(3)7-12-25(26(24)30)38-29-27(31)28(32-18-33-29)34-22-8-10-23(11-9-22)36-15-13-35(14-16-36)21(4)37/h7-12,17-18H,5-6,13-16H2,1-4H3,(H,32,33,34)/b19-17-. The highest BCUT2D eigenvalue weighted by atomic mass is 19.1. The lowest BCUT2D eigenvalue weighted by Crippen LogP contribution is -2.48. The number of allylic oxidation sites excluding steroid dienone is 1. The van der Waals surface area contributed by atoms with E-state index in [1.807, 2.05) is 43.0 Å². The van der Waals surface area contributed by atoms with E-state index in [2.05, 4.69) is 27.1 Å². The molecule has 1 saturated heterocycles. The van der Waals surface area contributed by atoms with Crippen molar-refractivity contribution in [3.05, 3.63) is 71.1 Å². The van der Waals surface area contributed by atoms with E-state index in [0.717, 1.165) is 42.8 Å². The van der Waals surface area contributed by atoms with Crippen LogP contribution in [-0.2, 0) is 4.79 Å². The van der Waals surface area contributed by atoms with Crippen molar-refractivity contribution < 1.29 is 18.3 Å². The number of rotatable bonds is 8. The van der Waals surface area contributed by atoms with Gasteiger partial charge in [0.05, 0.1) is 0 Å². The van der Waals surface area contributed by atoms with Crippen LogP contribution in [0.4, 0.5) is 26.0 Å². The number of piperazine rings is 1. The van der Waals surface area contributed by atoms with Crippen LogP contribution >= 0.6 is 0 Å². The van der Waals surface area contributed by atoms with Crippen LogP contribution in [0.5, 0.6) is 11.6 Å². The lowest BCUT2D eigenvalue weighted by atomic mass is 10.0. The Hall–Kier alpha value is -4.01. The normalized spacial score (nSPS) is 14.0. The van der Waals surface area contributed by atoms with Crippen molar-refractivity contribution in [2.75, 3.05) is 36.4 Å². The Kier molecular flexibility index (Phi) is 8.55. The Labute approximate surface area is 222 Å². The maximum atomic E-state index is 15.3. The second-order valence-corrected chi connectivity index (χ2v) is 9.46. The third kappa shape index (κ3) is 6.27. The van der Waals surface area contributed by atoms with Gasteiger partial charge in [-0.05, 0) is 56.2 Å². The monoisotopic (exact) mass is 521 g/mol. The lowest BCUT2D eigenvalue weighted by Gasteiger charge is -2.35. The summed E-state index contributed by atoms with van der Waals surface area (Å²) in [5.41, 5.74) is 3.87. The first-order valence-corrected chi connectivity index (χ1v) is 12.8. The third-order valence-electron chi connectivity index (χ3n) is 6.58. The minimum absolute atomic E-state index is 0.0794. The van der Waals surface area contributed by atoms with Gasteiger partial charge < -0.3 is 19.9 Å². The molecule has 4 rings (SSSR count). The molecule has 0 radical (unpaired) electrons. The number of benzene rings is 2. The lowest BCUT2D eigenvalue weighted by molar-refractivity contribution is -0.129. The Bertz CT molecular complexity index is 1320. The molecule has 38 heavy (non-hydrogen) atoms. The predicted octanol–water partition coefficient (Wildman–Crippen LogP) is 6.47. The number of amides is 1. The summed E-state index contributed by atoms with van der Waals surface area (Å²) in [6.07, 6.45) is 4.79. The molecule has 1 N–H and O–H groups in total. The summed E-state index contributed by atoms with van der Waals surface area (Å²) in [5, 5.41) is 2.94. The Morgan fingerprint density at radius 2 is 1.74 bits per heavy atom. The number of carbonyl (C=O) groups excluding carboxylic acids is 1. The Morgan fingerprint density at radius 1 is 1.03 bits per heavy atom. The van der Waals surface area contributed by atoms with E-state index in [4.69, 9.17) is 4.74 Å². The average Bonchev–Trinajstić information content (AvgIpc) is 2.91. The fraction of sp³-hybridized carbons (Fsp3) is 0.345. The molecule has 0 unspecified atom stereocenters. The number of nitrogens with zero attached hydrogens (tertiary/aromatic N) is 4. The summed E-state index contributed by atoms with van der Waals surface area (Å²) in [4.78, 5) is 23.5. The van der Waals surface area contributed by atoms with Crippen molar-refractivity contribution in [1.29, 1.82) is 0 Å². The van der Waals surface area contributed by atoms with Gasteiger partial charge in [-0.3, -0.25) is 4.79 Å². The number of hydrogen-bond donors (Lipinski definition) is 1. The molecule has 1 fully saturated rings. The number of hydrogen-bond acceptors (Lipinski definition) is 6. The Morgan fingerprint density at radius 3 is 2.39 bits per heavy atom. The molecule has 7 nitrogen and oxygen atoms in total. The maximum absolute atomic E-state index is 15.3. The van der Waals surface area contributed by atoms with Crippen molar-refractivity contribution >= 4 is 29.2 Å². The molecule has 9 heteroatoms. The SMILES string of the molecule is CCC/C(C)=C\c1c(C)ccc(Oc2ncnc(Nc3ccc(N4CCN(C(C)=O)CC4)cc3)c2F)c1F. The van der Waals surface area contributed by atoms with Crippen LogP contribution < -0.4 is 15.0 Å². The van der Waals surface area contributed by atoms with Crippen LogP contribution in [0.2, 0.25) is 0 Å². The largest absolute Gasteiger partial charge is 0.433 e. The van der Waals surface area contributed by atoms with E-state index < -0.39 is 11.6 Å². The van der Waals surface area contributed by atoms with Gasteiger partial charge >= 0.3 is 0 Å². The van der Waals surface area contributed by atoms with E-state index in [1.54, 1.807) is 19.1 Å². The first-order valence-electron chi connectivity index (χ1n) is 12.8. The second-order valence-electron chi connectivity index (χ2n) is 9.46. The number of ether oxygens (including phenoxy) is 1. The molecule has 0 aliphatic carbocycles. The molecule has 1 aliphatic heterocycles. The van der Waals surface area contributed by atoms with E-state index in [0.29, 0.717) is 24.3 Å². The van der Waals surface area contributed by atoms with Crippen LogP contribution in [0.15, 0.2) is 48.3 Å². The predicted molar refractivity (Wildman–Crippen MR) is 146 cm³/mol. The number of aromatic nitrogens is 2. The van der Waals surface area contributed by atoms with Crippen LogP contribution in [-0.4, -0.2) is 47.0 Å². The van der Waals surface area contributed by atoms with Gasteiger partial charge in [0.1, 0.15) is 6.33 Å². The van der Waals surface area contributed by atoms with Gasteiger partial charge in [-0.15, -0.1) is 0 Å². The molecular weight excluding hydrogens is 488 g/mol. The highest BCUT2D eigenvalue weighted by molar-refractivity contribution is 5.73. The fourth-order valence-corrected chi connectivity index (χ4v) is 4.43. The average molecular weight is 522 g/mol. The van der Waals surface area contributed by atoms with Gasteiger partial charge in [0.25, 0.3) is 5.88 Å². The topological polar surface area (TPSA) is 70.6 Å². The number of nitrogens with one attached hydrogen (secondary N) is 1. The number of anilines is 3. The number of halogens is 2. The first-order chi connectivity index (χ1) is 18.3. The summed E-state index contributed by atoms with van der Waals surface area (Å²) < 4.78 is 36.1. The number of carbonyl (C=O) groups is 1. The summed E-state index contributed by atoms with van der Waals surface area (Å²) in [6.45, 7) is 10.3. The van der Waals surface area contributed by atoms with Crippen molar-refractivity contribution in [2.24, 2.45) is 0 Å². The third-order valence-corrected chi connectivity index (χ3v) is 6.58. The minimum Gasteiger partial charge on any atom is -0.433 e. The second kappa shape index (κ2) is 12.0. The first kappa shape index (κ1) is 27.0. The Balaban J connectivity index is 1.48. The zero-order valence-electron chi connectivity index (χ0n) is 22.2. The molecule has 2 heterocycles. The van der Waals surface area contributed by atoms with Gasteiger partial charge in [-0.25, -0.2) is 9.37 Å². The van der Waals surface area contributed by atoms with E-state index in [9.17, 15) is 4.79 Å². The molecular formula is C29H33F2N5O2. The van der Waals surface area contributed by atoms with Gasteiger partial charge in [-0.2, -0.15) is 9.37 Å². The van der Waals surface area contributed by atoms with Crippen LogP contribution in [0.1, 0.15) is 44.7 Å². The van der Waals surface area contributed by atoms with Gasteiger partial charge in [0.2, 0.25) is 11.7 Å². The van der Waals surface area contributed by atoms with Crippen LogP contribution in [0.25, 0.3) is 6.08 Å². The van der Waals surface area contributed by atoms with Gasteiger partial charge in [0.15, 0.2) is 17.4 Å². The summed E-state index contributed by atoms with van der Waals surface area (Å²) in [5.74, 6) is -1.86. The maximum Gasteiger partial charge on any atom is 0.261 e. The van der Waals surface area contributed by atoms with Crippen molar-refractivity contribution in [2.45, 2.75) is 40.5 Å². The van der Waals surface area contributed by atoms with E-state index in [1.165, 1.54) is 12.4 Å². The molecule has 0 bridgehead atoms. The molecule has 1 aliphatic rings. The van der Waals surface area contributed by atoms with E-state index in [-0.39, 0.29) is 23.4 Å². The fourth-order valence-electron chi connectivity index (χ4n) is 4.43. The summed E-state index contributed by atoms with van der Waals surface area (Å²) >= 11 is 0. The molecule has 0 atom stereocenters. The minimum atomic E-state index is -0.823.